The van der Waals surface area contributed by atoms with E-state index in [2.05, 4.69) is 0 Å². The summed E-state index contributed by atoms with van der Waals surface area (Å²) in [7, 11) is 0. The fraction of sp³-hybridized carbons (Fsp3) is 1.00. The van der Waals surface area contributed by atoms with Gasteiger partial charge in [-0.3, -0.25) is 0 Å². The molecule has 0 aromatic carbocycles. The van der Waals surface area contributed by atoms with Crippen LogP contribution in [0, 0.1) is 5.92 Å². The lowest BCUT2D eigenvalue weighted by Gasteiger charge is -2.20. The molecule has 0 spiro atoms. The van der Waals surface area contributed by atoms with E-state index in [1.54, 1.807) is 13.8 Å². The minimum Gasteiger partial charge on any atom is -0.335 e. The van der Waals surface area contributed by atoms with E-state index in [0.717, 1.165) is 5.54 Å². The Morgan fingerprint density at radius 3 is 2.00 bits per heavy atom. The number of hydrogen-bond acceptors (Lipinski definition) is 2. The van der Waals surface area contributed by atoms with Gasteiger partial charge in [-0.1, -0.05) is 13.8 Å². The lowest BCUT2D eigenvalue weighted by Crippen LogP contribution is -2.42. The molecule has 0 radical (unpaired) electrons. The standard InChI is InChI=1S/C6H12F3NO/c1-4(2)3-5(10-9)6(7,8)11/h4-5,10-11H,3H2,1-2H3/t5-/m0/s1. The zero-order chi connectivity index (χ0) is 9.07. The molecule has 0 saturated heterocycles. The summed E-state index contributed by atoms with van der Waals surface area (Å²) in [6.07, 6.45) is -4.10. The molecule has 0 aliphatic carbocycles. The molecule has 0 bridgehead atoms. The number of rotatable bonds is 4. The van der Waals surface area contributed by atoms with Crippen LogP contribution in [0.1, 0.15) is 20.3 Å². The van der Waals surface area contributed by atoms with Crippen LogP contribution in [0.4, 0.5) is 13.3 Å². The molecular formula is C6H12F3NO. The minimum absolute atomic E-state index is 0.0960. The number of hydrogen-bond donors (Lipinski definition) is 2. The highest BCUT2D eigenvalue weighted by molar-refractivity contribution is 4.71. The van der Waals surface area contributed by atoms with E-state index < -0.39 is 12.2 Å². The smallest absolute Gasteiger partial charge is 0.335 e. The third-order valence-corrected chi connectivity index (χ3v) is 1.26. The Labute approximate surface area is 63.3 Å². The topological polar surface area (TPSA) is 32.3 Å². The quantitative estimate of drug-likeness (QED) is 0.627. The number of halogens is 3. The molecule has 0 aromatic rings. The van der Waals surface area contributed by atoms with E-state index >= 15 is 0 Å². The van der Waals surface area contributed by atoms with Gasteiger partial charge in [0.1, 0.15) is 6.04 Å². The Balaban J connectivity index is 3.96. The molecule has 0 unspecified atom stereocenters. The van der Waals surface area contributed by atoms with Gasteiger partial charge in [-0.05, 0) is 12.3 Å². The van der Waals surface area contributed by atoms with Crippen LogP contribution < -0.4 is 5.54 Å². The van der Waals surface area contributed by atoms with Crippen molar-refractivity contribution in [2.24, 2.45) is 5.92 Å². The molecule has 11 heavy (non-hydrogen) atoms. The van der Waals surface area contributed by atoms with Gasteiger partial charge in [0, 0.05) is 0 Å². The largest absolute Gasteiger partial charge is 0.371 e. The summed E-state index contributed by atoms with van der Waals surface area (Å²) in [6, 6.07) is -1.80. The van der Waals surface area contributed by atoms with Crippen molar-refractivity contribution >= 4 is 0 Å². The summed E-state index contributed by atoms with van der Waals surface area (Å²) in [4.78, 5) is 0. The monoisotopic (exact) mass is 171 g/mol. The van der Waals surface area contributed by atoms with Gasteiger partial charge in [0.15, 0.2) is 0 Å². The van der Waals surface area contributed by atoms with E-state index in [-0.39, 0.29) is 12.3 Å². The maximum Gasteiger partial charge on any atom is 0.371 e. The van der Waals surface area contributed by atoms with Crippen molar-refractivity contribution in [1.29, 1.82) is 0 Å². The fourth-order valence-electron chi connectivity index (χ4n) is 0.723. The van der Waals surface area contributed by atoms with Crippen molar-refractivity contribution in [3.8, 4) is 0 Å². The molecule has 0 aromatic heterocycles. The number of nitrogens with one attached hydrogen (secondary N) is 1. The van der Waals surface area contributed by atoms with Crippen LogP contribution in [0.2, 0.25) is 0 Å². The summed E-state index contributed by atoms with van der Waals surface area (Å²) in [5.74, 6) is -0.0960. The van der Waals surface area contributed by atoms with E-state index in [4.69, 9.17) is 5.11 Å². The van der Waals surface area contributed by atoms with E-state index in [0.29, 0.717) is 0 Å². The Morgan fingerprint density at radius 1 is 1.45 bits per heavy atom. The van der Waals surface area contributed by atoms with Crippen LogP contribution in [-0.2, 0) is 0 Å². The second-order valence-electron chi connectivity index (χ2n) is 2.88. The molecule has 0 fully saturated rings. The SMILES string of the molecule is CC(C)C[C@H](NF)C(O)(F)F. The summed E-state index contributed by atoms with van der Waals surface area (Å²) in [6.45, 7) is 3.33. The van der Waals surface area contributed by atoms with Crippen LogP contribution in [-0.4, -0.2) is 17.3 Å². The van der Waals surface area contributed by atoms with E-state index in [9.17, 15) is 13.3 Å². The van der Waals surface area contributed by atoms with Crippen LogP contribution in [0.15, 0.2) is 0 Å². The minimum atomic E-state index is -3.99. The third kappa shape index (κ3) is 4.21. The molecule has 1 atom stereocenters. The first-order chi connectivity index (χ1) is 4.88. The normalized spacial score (nSPS) is 15.5. The lowest BCUT2D eigenvalue weighted by molar-refractivity contribution is -0.230. The van der Waals surface area contributed by atoms with Gasteiger partial charge in [-0.15, -0.1) is 10.0 Å². The van der Waals surface area contributed by atoms with Gasteiger partial charge in [-0.25, -0.2) is 0 Å². The van der Waals surface area contributed by atoms with Crippen molar-refractivity contribution in [1.82, 2.24) is 5.54 Å². The van der Waals surface area contributed by atoms with Gasteiger partial charge < -0.3 is 5.11 Å². The second-order valence-corrected chi connectivity index (χ2v) is 2.88. The summed E-state index contributed by atoms with van der Waals surface area (Å²) in [5.41, 5.74) is 0.873. The van der Waals surface area contributed by atoms with Crippen LogP contribution in [0.3, 0.4) is 0 Å². The van der Waals surface area contributed by atoms with Crippen molar-refractivity contribution < 1.29 is 18.4 Å². The highest BCUT2D eigenvalue weighted by atomic mass is 19.3. The zero-order valence-corrected chi connectivity index (χ0v) is 6.44. The first-order valence-electron chi connectivity index (χ1n) is 3.34. The molecule has 0 heterocycles. The predicted molar refractivity (Wildman–Crippen MR) is 34.7 cm³/mol. The zero-order valence-electron chi connectivity index (χ0n) is 6.44. The van der Waals surface area contributed by atoms with E-state index in [1.165, 1.54) is 0 Å². The third-order valence-electron chi connectivity index (χ3n) is 1.26. The molecule has 2 nitrogen and oxygen atoms in total. The van der Waals surface area contributed by atoms with Gasteiger partial charge in [0.2, 0.25) is 0 Å². The second kappa shape index (κ2) is 3.92. The predicted octanol–water partition coefficient (Wildman–Crippen LogP) is 1.46. The van der Waals surface area contributed by atoms with Gasteiger partial charge in [-0.2, -0.15) is 8.78 Å². The van der Waals surface area contributed by atoms with Crippen molar-refractivity contribution in [2.75, 3.05) is 0 Å². The summed E-state index contributed by atoms with van der Waals surface area (Å²) in [5, 5.41) is 8.09. The first-order valence-corrected chi connectivity index (χ1v) is 3.34. The highest BCUT2D eigenvalue weighted by Gasteiger charge is 2.37. The molecule has 0 aliphatic heterocycles. The molecule has 0 amide bonds. The van der Waals surface area contributed by atoms with Gasteiger partial charge in [0.25, 0.3) is 0 Å². The maximum absolute atomic E-state index is 12.0. The van der Waals surface area contributed by atoms with Crippen molar-refractivity contribution in [2.45, 2.75) is 32.4 Å². The molecule has 0 rings (SSSR count). The van der Waals surface area contributed by atoms with Crippen LogP contribution in [0.25, 0.3) is 0 Å². The fourth-order valence-corrected chi connectivity index (χ4v) is 0.723. The Morgan fingerprint density at radius 2 is 1.91 bits per heavy atom. The maximum atomic E-state index is 12.0. The molecule has 68 valence electrons. The van der Waals surface area contributed by atoms with Crippen molar-refractivity contribution in [3.05, 3.63) is 0 Å². The molecular weight excluding hydrogens is 159 g/mol. The van der Waals surface area contributed by atoms with Crippen molar-refractivity contribution in [3.63, 3.8) is 0 Å². The molecule has 0 aliphatic rings. The van der Waals surface area contributed by atoms with Crippen LogP contribution in [0.5, 0.6) is 0 Å². The summed E-state index contributed by atoms with van der Waals surface area (Å²) < 4.78 is 35.6. The summed E-state index contributed by atoms with van der Waals surface area (Å²) >= 11 is 0. The molecule has 0 saturated carbocycles. The van der Waals surface area contributed by atoms with Gasteiger partial charge >= 0.3 is 6.11 Å². The Kier molecular flexibility index (Phi) is 3.82. The molecule has 2 N–H and O–H groups in total. The number of alkyl halides is 2. The number of aliphatic hydroxyl groups is 1. The Bertz CT molecular complexity index is 113. The van der Waals surface area contributed by atoms with E-state index in [1.807, 2.05) is 0 Å². The van der Waals surface area contributed by atoms with Gasteiger partial charge in [0.05, 0.1) is 0 Å². The van der Waals surface area contributed by atoms with Crippen LogP contribution >= 0.6 is 0 Å². The average molecular weight is 171 g/mol. The first kappa shape index (κ1) is 10.7. The molecule has 5 heteroatoms. The highest BCUT2D eigenvalue weighted by Crippen LogP contribution is 2.20. The average Bonchev–Trinajstić information content (AvgIpc) is 1.79. The Hall–Kier alpha value is -0.290. The lowest BCUT2D eigenvalue weighted by atomic mass is 10.0.